The lowest BCUT2D eigenvalue weighted by atomic mass is 10.2. The maximum absolute atomic E-state index is 13.1. The highest BCUT2D eigenvalue weighted by Crippen LogP contribution is 2.26. The summed E-state index contributed by atoms with van der Waals surface area (Å²) >= 11 is 1.20. The van der Waals surface area contributed by atoms with Crippen LogP contribution in [0.1, 0.15) is 10.4 Å². The number of carbonyl (C=O) groups is 1. The van der Waals surface area contributed by atoms with Crippen molar-refractivity contribution in [2.75, 3.05) is 6.26 Å². The highest BCUT2D eigenvalue weighted by Gasteiger charge is 2.15. The Bertz CT molecular complexity index is 1530. The van der Waals surface area contributed by atoms with Crippen molar-refractivity contribution in [3.05, 3.63) is 83.2 Å². The number of terminal acetylenes is 1. The van der Waals surface area contributed by atoms with E-state index < -0.39 is 15.7 Å². The third-order valence-corrected chi connectivity index (χ3v) is 6.77. The number of rotatable bonds is 5. The van der Waals surface area contributed by atoms with Crippen LogP contribution in [0.4, 0.5) is 0 Å². The van der Waals surface area contributed by atoms with E-state index in [9.17, 15) is 13.2 Å². The molecule has 0 saturated heterocycles. The summed E-state index contributed by atoms with van der Waals surface area (Å²) in [6, 6.07) is 20.8. The number of aromatic nitrogens is 1. The molecular formula is C24H18N2O4S2. The number of ether oxygens (including phenoxy) is 1. The van der Waals surface area contributed by atoms with Crippen molar-refractivity contribution in [3.8, 4) is 23.8 Å². The van der Waals surface area contributed by atoms with Gasteiger partial charge in [0.1, 0.15) is 11.5 Å². The van der Waals surface area contributed by atoms with Gasteiger partial charge in [0.05, 0.1) is 27.2 Å². The normalized spacial score (nSPS) is 11.9. The number of hydrogen-bond donors (Lipinski definition) is 0. The molecule has 0 bridgehead atoms. The lowest BCUT2D eigenvalue weighted by molar-refractivity contribution is 0.0995. The van der Waals surface area contributed by atoms with Crippen LogP contribution in [-0.4, -0.2) is 25.1 Å². The lowest BCUT2D eigenvalue weighted by Gasteiger charge is -2.08. The van der Waals surface area contributed by atoms with Gasteiger partial charge in [-0.25, -0.2) is 8.42 Å². The Balaban J connectivity index is 1.80. The van der Waals surface area contributed by atoms with E-state index in [1.54, 1.807) is 53.1 Å². The second-order valence-electron chi connectivity index (χ2n) is 6.90. The summed E-state index contributed by atoms with van der Waals surface area (Å²) in [4.78, 5) is 18.0. The molecule has 0 saturated carbocycles. The monoisotopic (exact) mass is 462 g/mol. The van der Waals surface area contributed by atoms with E-state index in [0.29, 0.717) is 32.1 Å². The number of amides is 1. The Labute approximate surface area is 189 Å². The molecule has 4 aromatic rings. The molecule has 8 heteroatoms. The highest BCUT2D eigenvalue weighted by atomic mass is 32.2. The summed E-state index contributed by atoms with van der Waals surface area (Å²) in [5.74, 6) is 3.06. The minimum absolute atomic E-state index is 0.187. The maximum Gasteiger partial charge on any atom is 0.283 e. The number of para-hydroxylation sites is 2. The molecule has 160 valence electrons. The van der Waals surface area contributed by atoms with Crippen molar-refractivity contribution >= 4 is 37.3 Å². The fraction of sp³-hybridized carbons (Fsp3) is 0.0833. The molecule has 1 amide bonds. The van der Waals surface area contributed by atoms with E-state index in [0.717, 1.165) is 6.26 Å². The van der Waals surface area contributed by atoms with Crippen molar-refractivity contribution in [1.82, 2.24) is 4.57 Å². The topological polar surface area (TPSA) is 77.7 Å². The standard InChI is InChI=1S/C24H18N2O4S2/c1-3-15-26-20-14-13-18(32(2,28)29)16-22(20)31-24(26)25-23(27)19-11-7-8-12-21(19)30-17-9-5-4-6-10-17/h1,4-14,16H,15H2,2H3. The van der Waals surface area contributed by atoms with Gasteiger partial charge in [-0.2, -0.15) is 4.99 Å². The summed E-state index contributed by atoms with van der Waals surface area (Å²) in [7, 11) is -3.37. The van der Waals surface area contributed by atoms with E-state index in [2.05, 4.69) is 10.9 Å². The number of nitrogens with zero attached hydrogens (tertiary/aromatic N) is 2. The van der Waals surface area contributed by atoms with Crippen LogP contribution in [-0.2, 0) is 16.4 Å². The Morgan fingerprint density at radius 2 is 1.81 bits per heavy atom. The Morgan fingerprint density at radius 3 is 2.53 bits per heavy atom. The number of carbonyl (C=O) groups excluding carboxylic acids is 1. The summed E-state index contributed by atoms with van der Waals surface area (Å²) in [6.07, 6.45) is 6.67. The zero-order chi connectivity index (χ0) is 22.7. The van der Waals surface area contributed by atoms with Gasteiger partial charge >= 0.3 is 0 Å². The summed E-state index contributed by atoms with van der Waals surface area (Å²) in [6.45, 7) is 0.187. The van der Waals surface area contributed by atoms with Crippen LogP contribution in [0.15, 0.2) is 82.7 Å². The first-order valence-electron chi connectivity index (χ1n) is 9.55. The van der Waals surface area contributed by atoms with Crippen molar-refractivity contribution in [2.45, 2.75) is 11.4 Å². The van der Waals surface area contributed by atoms with Gasteiger partial charge in [-0.1, -0.05) is 47.6 Å². The Kier molecular flexibility index (Phi) is 5.95. The molecule has 32 heavy (non-hydrogen) atoms. The van der Waals surface area contributed by atoms with Crippen LogP contribution < -0.4 is 9.54 Å². The van der Waals surface area contributed by atoms with Crippen LogP contribution >= 0.6 is 11.3 Å². The van der Waals surface area contributed by atoms with Crippen LogP contribution in [0.5, 0.6) is 11.5 Å². The van der Waals surface area contributed by atoms with Gasteiger partial charge in [-0.15, -0.1) is 6.42 Å². The molecule has 1 heterocycles. The minimum Gasteiger partial charge on any atom is -0.457 e. The van der Waals surface area contributed by atoms with Gasteiger partial charge in [-0.05, 0) is 42.5 Å². The zero-order valence-corrected chi connectivity index (χ0v) is 18.7. The zero-order valence-electron chi connectivity index (χ0n) is 17.1. The second-order valence-corrected chi connectivity index (χ2v) is 9.93. The van der Waals surface area contributed by atoms with E-state index in [4.69, 9.17) is 11.2 Å². The molecule has 0 radical (unpaired) electrons. The third-order valence-electron chi connectivity index (χ3n) is 4.62. The molecule has 0 aliphatic heterocycles. The van der Waals surface area contributed by atoms with Crippen LogP contribution in [0.25, 0.3) is 10.2 Å². The average Bonchev–Trinajstić information content (AvgIpc) is 3.11. The number of sulfone groups is 1. The first-order chi connectivity index (χ1) is 15.4. The molecule has 0 N–H and O–H groups in total. The van der Waals surface area contributed by atoms with Crippen molar-refractivity contribution in [2.24, 2.45) is 4.99 Å². The second kappa shape index (κ2) is 8.83. The molecule has 0 aliphatic carbocycles. The molecule has 6 nitrogen and oxygen atoms in total. The van der Waals surface area contributed by atoms with Gasteiger partial charge in [0.25, 0.3) is 5.91 Å². The minimum atomic E-state index is -3.37. The van der Waals surface area contributed by atoms with Crippen molar-refractivity contribution < 1.29 is 17.9 Å². The number of benzene rings is 3. The van der Waals surface area contributed by atoms with Crippen LogP contribution in [0.2, 0.25) is 0 Å². The molecule has 0 spiro atoms. The maximum atomic E-state index is 13.1. The molecular weight excluding hydrogens is 444 g/mol. The highest BCUT2D eigenvalue weighted by molar-refractivity contribution is 7.90. The van der Waals surface area contributed by atoms with Crippen molar-refractivity contribution in [3.63, 3.8) is 0 Å². The SMILES string of the molecule is C#CCn1c(=NC(=O)c2ccccc2Oc2ccccc2)sc2cc(S(C)(=O)=O)ccc21. The molecule has 0 unspecified atom stereocenters. The molecule has 0 aliphatic rings. The van der Waals surface area contributed by atoms with E-state index in [-0.39, 0.29) is 11.4 Å². The first kappa shape index (κ1) is 21.6. The van der Waals surface area contributed by atoms with E-state index >= 15 is 0 Å². The lowest BCUT2D eigenvalue weighted by Crippen LogP contribution is -2.16. The predicted molar refractivity (Wildman–Crippen MR) is 125 cm³/mol. The van der Waals surface area contributed by atoms with E-state index in [1.807, 2.05) is 18.2 Å². The molecule has 0 fully saturated rings. The largest absolute Gasteiger partial charge is 0.457 e. The number of fused-ring (bicyclic) bond motifs is 1. The van der Waals surface area contributed by atoms with E-state index in [1.165, 1.54) is 17.4 Å². The van der Waals surface area contributed by atoms with Gasteiger partial charge in [-0.3, -0.25) is 4.79 Å². The molecule has 4 rings (SSSR count). The van der Waals surface area contributed by atoms with Gasteiger partial charge in [0, 0.05) is 6.26 Å². The fourth-order valence-corrected chi connectivity index (χ4v) is 4.90. The summed E-state index contributed by atoms with van der Waals surface area (Å²) < 4.78 is 32.1. The van der Waals surface area contributed by atoms with Crippen LogP contribution in [0.3, 0.4) is 0 Å². The fourth-order valence-electron chi connectivity index (χ4n) is 3.11. The van der Waals surface area contributed by atoms with Gasteiger partial charge < -0.3 is 9.30 Å². The summed E-state index contributed by atoms with van der Waals surface area (Å²) in [5.41, 5.74) is 1.01. The third kappa shape index (κ3) is 4.49. The molecule has 0 atom stereocenters. The number of thiazole rings is 1. The Morgan fingerprint density at radius 1 is 1.09 bits per heavy atom. The quantitative estimate of drug-likeness (QED) is 0.415. The molecule has 3 aromatic carbocycles. The number of hydrogen-bond acceptors (Lipinski definition) is 5. The van der Waals surface area contributed by atoms with Gasteiger partial charge in [0.2, 0.25) is 0 Å². The summed E-state index contributed by atoms with van der Waals surface area (Å²) in [5, 5.41) is 0. The van der Waals surface area contributed by atoms with Crippen LogP contribution in [0, 0.1) is 12.3 Å². The first-order valence-corrected chi connectivity index (χ1v) is 12.3. The van der Waals surface area contributed by atoms with Gasteiger partial charge in [0.15, 0.2) is 14.6 Å². The predicted octanol–water partition coefficient (Wildman–Crippen LogP) is 4.27. The molecule has 1 aromatic heterocycles. The average molecular weight is 463 g/mol. The Hall–Kier alpha value is -3.67. The van der Waals surface area contributed by atoms with Crippen molar-refractivity contribution in [1.29, 1.82) is 0 Å². The smallest absolute Gasteiger partial charge is 0.283 e.